The minimum atomic E-state index is -3.61. The van der Waals surface area contributed by atoms with Crippen molar-refractivity contribution in [2.24, 2.45) is 0 Å². The summed E-state index contributed by atoms with van der Waals surface area (Å²) < 4.78 is 38.8. The van der Waals surface area contributed by atoms with Gasteiger partial charge >= 0.3 is 0 Å². The number of amides is 1. The van der Waals surface area contributed by atoms with Gasteiger partial charge in [0, 0.05) is 18.0 Å². The summed E-state index contributed by atoms with van der Waals surface area (Å²) in [6.07, 6.45) is 1.63. The molecule has 8 nitrogen and oxygen atoms in total. The number of piperazine rings is 1. The first kappa shape index (κ1) is 21.9. The summed E-state index contributed by atoms with van der Waals surface area (Å²) in [5.41, 5.74) is -0.223. The molecule has 29 heavy (non-hydrogen) atoms. The van der Waals surface area contributed by atoms with Crippen LogP contribution in [0.25, 0.3) is 0 Å². The van der Waals surface area contributed by atoms with E-state index in [4.69, 9.17) is 9.47 Å². The summed E-state index contributed by atoms with van der Waals surface area (Å²) in [6, 6.07) is 4.78. The molecule has 1 saturated heterocycles. The van der Waals surface area contributed by atoms with Gasteiger partial charge in [-0.1, -0.05) is 6.92 Å². The number of carbonyl (C=O) groups is 1. The summed E-state index contributed by atoms with van der Waals surface area (Å²) in [6.45, 7) is 9.45. The van der Waals surface area contributed by atoms with Gasteiger partial charge in [0.15, 0.2) is 18.0 Å². The molecule has 0 aromatic heterocycles. The third kappa shape index (κ3) is 5.40. The van der Waals surface area contributed by atoms with Gasteiger partial charge in [-0.3, -0.25) is 4.79 Å². The molecule has 1 aromatic rings. The van der Waals surface area contributed by atoms with E-state index in [-0.39, 0.29) is 16.3 Å². The molecule has 0 saturated carbocycles. The zero-order chi connectivity index (χ0) is 21.1. The molecule has 2 heterocycles. The Labute approximate surface area is 173 Å². The average molecular weight is 427 g/mol. The molecule has 0 unspecified atom stereocenters. The predicted molar refractivity (Wildman–Crippen MR) is 109 cm³/mol. The number of hydrogen-bond acceptors (Lipinski definition) is 5. The van der Waals surface area contributed by atoms with Crippen LogP contribution < -0.4 is 19.7 Å². The van der Waals surface area contributed by atoms with Crippen molar-refractivity contribution in [1.29, 1.82) is 0 Å². The molecule has 0 radical (unpaired) electrons. The molecule has 162 valence electrons. The number of quaternary nitrogens is 1. The number of benzene rings is 1. The van der Waals surface area contributed by atoms with E-state index in [0.29, 0.717) is 57.4 Å². The zero-order valence-electron chi connectivity index (χ0n) is 17.5. The first-order valence-electron chi connectivity index (χ1n) is 10.3. The number of nitrogens with one attached hydrogen (secondary N) is 2. The Morgan fingerprint density at radius 3 is 2.48 bits per heavy atom. The van der Waals surface area contributed by atoms with Gasteiger partial charge in [-0.05, 0) is 32.4 Å². The average Bonchev–Trinajstić information content (AvgIpc) is 2.92. The topological polar surface area (TPSA) is 89.4 Å². The van der Waals surface area contributed by atoms with Gasteiger partial charge in [-0.15, -0.1) is 0 Å². The van der Waals surface area contributed by atoms with Crippen LogP contribution in [-0.2, 0) is 14.8 Å². The lowest BCUT2D eigenvalue weighted by molar-refractivity contribution is -0.895. The molecule has 2 aliphatic rings. The lowest BCUT2D eigenvalue weighted by Crippen LogP contribution is -3.16. The Bertz CT molecular complexity index is 833. The van der Waals surface area contributed by atoms with E-state index in [1.165, 1.54) is 4.31 Å². The maximum atomic E-state index is 13.1. The highest BCUT2D eigenvalue weighted by Gasteiger charge is 2.32. The van der Waals surface area contributed by atoms with E-state index in [2.05, 4.69) is 5.32 Å². The molecule has 0 aliphatic carbocycles. The highest BCUT2D eigenvalue weighted by Crippen LogP contribution is 2.32. The van der Waals surface area contributed by atoms with Gasteiger partial charge in [-0.2, -0.15) is 4.31 Å². The number of nitrogens with zero attached hydrogens (tertiary/aromatic N) is 1. The van der Waals surface area contributed by atoms with Crippen molar-refractivity contribution in [3.05, 3.63) is 18.2 Å². The zero-order valence-corrected chi connectivity index (χ0v) is 18.3. The van der Waals surface area contributed by atoms with Crippen molar-refractivity contribution in [2.75, 3.05) is 45.9 Å². The summed E-state index contributed by atoms with van der Waals surface area (Å²) in [4.78, 5) is 13.6. The molecule has 1 fully saturated rings. The number of fused-ring (bicyclic) bond motifs is 1. The monoisotopic (exact) mass is 426 g/mol. The first-order chi connectivity index (χ1) is 13.7. The molecule has 2 aliphatic heterocycles. The normalized spacial score (nSPS) is 18.9. The molecular weight excluding hydrogens is 394 g/mol. The van der Waals surface area contributed by atoms with Crippen LogP contribution in [0, 0.1) is 0 Å². The van der Waals surface area contributed by atoms with Gasteiger partial charge in [0.25, 0.3) is 5.91 Å². The van der Waals surface area contributed by atoms with Crippen LogP contribution in [0.15, 0.2) is 23.1 Å². The minimum Gasteiger partial charge on any atom is -0.490 e. The highest BCUT2D eigenvalue weighted by atomic mass is 32.2. The Kier molecular flexibility index (Phi) is 6.70. The van der Waals surface area contributed by atoms with Crippen LogP contribution >= 0.6 is 0 Å². The van der Waals surface area contributed by atoms with Crippen molar-refractivity contribution in [3.63, 3.8) is 0 Å². The number of carbonyl (C=O) groups excluding carboxylic acids is 1. The van der Waals surface area contributed by atoms with Gasteiger partial charge in [0.2, 0.25) is 10.0 Å². The number of ether oxygens (including phenoxy) is 2. The second-order valence-electron chi connectivity index (χ2n) is 8.28. The summed E-state index contributed by atoms with van der Waals surface area (Å²) in [5.74, 6) is 1.06. The fourth-order valence-corrected chi connectivity index (χ4v) is 4.87. The van der Waals surface area contributed by atoms with Crippen LogP contribution in [0.5, 0.6) is 11.5 Å². The van der Waals surface area contributed by atoms with Crippen molar-refractivity contribution < 1.29 is 27.6 Å². The Hall–Kier alpha value is -1.84. The van der Waals surface area contributed by atoms with E-state index in [9.17, 15) is 13.2 Å². The first-order valence-corrected chi connectivity index (χ1v) is 11.7. The molecule has 1 aromatic carbocycles. The van der Waals surface area contributed by atoms with Crippen molar-refractivity contribution in [2.45, 2.75) is 44.0 Å². The standard InChI is InChI=1S/C20H31N3O5S/c1-4-20(2,3)21-19(24)15-22-8-10-23(11-9-22)29(25,26)16-6-7-17-18(14-16)28-13-5-12-27-17/h6-7,14H,4-5,8-13,15H2,1-3H3,(H,21,24)/p+1. The third-order valence-corrected chi connectivity index (χ3v) is 7.45. The quantitative estimate of drug-likeness (QED) is 0.671. The van der Waals surface area contributed by atoms with E-state index in [1.807, 2.05) is 20.8 Å². The summed E-state index contributed by atoms with van der Waals surface area (Å²) >= 11 is 0. The fraction of sp³-hybridized carbons (Fsp3) is 0.650. The Morgan fingerprint density at radius 2 is 1.83 bits per heavy atom. The molecule has 3 rings (SSSR count). The molecule has 0 atom stereocenters. The van der Waals surface area contributed by atoms with Crippen LogP contribution in [0.1, 0.15) is 33.6 Å². The largest absolute Gasteiger partial charge is 0.490 e. The highest BCUT2D eigenvalue weighted by molar-refractivity contribution is 7.89. The van der Waals surface area contributed by atoms with Gasteiger partial charge in [-0.25, -0.2) is 8.42 Å². The van der Waals surface area contributed by atoms with Crippen LogP contribution in [-0.4, -0.2) is 70.1 Å². The van der Waals surface area contributed by atoms with Crippen LogP contribution in [0.3, 0.4) is 0 Å². The summed E-state index contributed by atoms with van der Waals surface area (Å²) in [5, 5.41) is 3.04. The Balaban J connectivity index is 1.60. The van der Waals surface area contributed by atoms with Gasteiger partial charge in [0.05, 0.1) is 44.3 Å². The summed E-state index contributed by atoms with van der Waals surface area (Å²) in [7, 11) is -3.61. The van der Waals surface area contributed by atoms with Crippen molar-refractivity contribution in [3.8, 4) is 11.5 Å². The van der Waals surface area contributed by atoms with Crippen LogP contribution in [0.4, 0.5) is 0 Å². The molecule has 9 heteroatoms. The maximum Gasteiger partial charge on any atom is 0.275 e. The van der Waals surface area contributed by atoms with Gasteiger partial charge in [0.1, 0.15) is 0 Å². The molecule has 0 bridgehead atoms. The SMILES string of the molecule is CCC(C)(C)NC(=O)C[NH+]1CCN(S(=O)(=O)c2ccc3c(c2)OCCCO3)CC1. The van der Waals surface area contributed by atoms with E-state index < -0.39 is 10.0 Å². The smallest absolute Gasteiger partial charge is 0.275 e. The molecule has 0 spiro atoms. The molecular formula is C20H32N3O5S+. The van der Waals surface area contributed by atoms with Crippen molar-refractivity contribution >= 4 is 15.9 Å². The minimum absolute atomic E-state index is 0.00561. The lowest BCUT2D eigenvalue weighted by atomic mass is 10.0. The fourth-order valence-electron chi connectivity index (χ4n) is 3.41. The second-order valence-corrected chi connectivity index (χ2v) is 10.2. The number of rotatable bonds is 6. The molecule has 1 amide bonds. The predicted octanol–water partition coefficient (Wildman–Crippen LogP) is 0.0419. The van der Waals surface area contributed by atoms with E-state index in [1.54, 1.807) is 18.2 Å². The number of sulfonamides is 1. The third-order valence-electron chi connectivity index (χ3n) is 5.56. The van der Waals surface area contributed by atoms with Crippen molar-refractivity contribution in [1.82, 2.24) is 9.62 Å². The second kappa shape index (κ2) is 8.89. The van der Waals surface area contributed by atoms with E-state index in [0.717, 1.165) is 17.7 Å². The maximum absolute atomic E-state index is 13.1. The lowest BCUT2D eigenvalue weighted by Gasteiger charge is -2.32. The molecule has 2 N–H and O–H groups in total. The van der Waals surface area contributed by atoms with Gasteiger partial charge < -0.3 is 19.7 Å². The van der Waals surface area contributed by atoms with E-state index >= 15 is 0 Å². The number of hydrogen-bond donors (Lipinski definition) is 2. The Morgan fingerprint density at radius 1 is 1.17 bits per heavy atom. The van der Waals surface area contributed by atoms with Crippen LogP contribution in [0.2, 0.25) is 0 Å².